The van der Waals surface area contributed by atoms with Crippen LogP contribution in [-0.4, -0.2) is 31.7 Å². The van der Waals surface area contributed by atoms with Gasteiger partial charge in [-0.1, -0.05) is 24.3 Å². The molecule has 1 unspecified atom stereocenters. The Bertz CT molecular complexity index is 932. The molecule has 2 aromatic carbocycles. The fourth-order valence-electron chi connectivity index (χ4n) is 4.00. The van der Waals surface area contributed by atoms with Gasteiger partial charge in [-0.2, -0.15) is 4.31 Å². The normalized spacial score (nSPS) is 20.2. The maximum Gasteiger partial charge on any atom is 0.251 e. The van der Waals surface area contributed by atoms with Crippen molar-refractivity contribution in [3.05, 3.63) is 65.2 Å². The molecule has 1 atom stereocenters. The van der Waals surface area contributed by atoms with E-state index in [0.29, 0.717) is 18.7 Å². The van der Waals surface area contributed by atoms with Gasteiger partial charge < -0.3 is 5.32 Å². The molecule has 0 saturated carbocycles. The number of carbonyl (C=O) groups excluding carboxylic acids is 1. The van der Waals surface area contributed by atoms with Crippen LogP contribution in [0.4, 0.5) is 0 Å². The number of hydrogen-bond acceptors (Lipinski definition) is 3. The Hall–Kier alpha value is -2.18. The van der Waals surface area contributed by atoms with Crippen LogP contribution in [0.3, 0.4) is 0 Å². The maximum absolute atomic E-state index is 12.7. The summed E-state index contributed by atoms with van der Waals surface area (Å²) in [4.78, 5) is 12.9. The van der Waals surface area contributed by atoms with E-state index < -0.39 is 10.0 Å². The molecule has 1 fully saturated rings. The lowest BCUT2D eigenvalue weighted by molar-refractivity contribution is 0.0932. The highest BCUT2D eigenvalue weighted by atomic mass is 32.2. The van der Waals surface area contributed by atoms with Gasteiger partial charge in [0, 0.05) is 18.7 Å². The second-order valence-corrected chi connectivity index (χ2v) is 9.19. The van der Waals surface area contributed by atoms with Gasteiger partial charge in [-0.25, -0.2) is 8.42 Å². The Balaban J connectivity index is 1.49. The molecule has 0 aromatic heterocycles. The maximum atomic E-state index is 12.7. The van der Waals surface area contributed by atoms with E-state index in [-0.39, 0.29) is 16.8 Å². The molecule has 1 N–H and O–H groups in total. The first-order valence-electron chi connectivity index (χ1n) is 9.54. The summed E-state index contributed by atoms with van der Waals surface area (Å²) in [6, 6.07) is 14.5. The van der Waals surface area contributed by atoms with Gasteiger partial charge in [-0.05, 0) is 67.5 Å². The zero-order valence-electron chi connectivity index (χ0n) is 15.2. The van der Waals surface area contributed by atoms with Crippen LogP contribution in [0.25, 0.3) is 0 Å². The van der Waals surface area contributed by atoms with Crippen molar-refractivity contribution in [2.24, 2.45) is 0 Å². The van der Waals surface area contributed by atoms with Crippen molar-refractivity contribution >= 4 is 15.9 Å². The van der Waals surface area contributed by atoms with Crippen LogP contribution < -0.4 is 5.32 Å². The number of aryl methyl sites for hydroxylation is 1. The third kappa shape index (κ3) is 3.64. The standard InChI is InChI=1S/C21H24N2O3S/c24-21(22-20-9-5-7-16-6-1-2-8-19(16)20)17-10-12-18(13-11-17)27(25,26)23-14-3-4-15-23/h1-2,6,8,10-13,20H,3-5,7,9,14-15H2,(H,22,24). The van der Waals surface area contributed by atoms with Gasteiger partial charge in [0.15, 0.2) is 0 Å². The molecule has 1 aliphatic heterocycles. The molecule has 1 saturated heterocycles. The molecular weight excluding hydrogens is 360 g/mol. The van der Waals surface area contributed by atoms with Crippen LogP contribution in [0.15, 0.2) is 53.4 Å². The van der Waals surface area contributed by atoms with Gasteiger partial charge in [-0.3, -0.25) is 4.79 Å². The van der Waals surface area contributed by atoms with E-state index >= 15 is 0 Å². The van der Waals surface area contributed by atoms with E-state index in [0.717, 1.165) is 32.1 Å². The van der Waals surface area contributed by atoms with Crippen LogP contribution >= 0.6 is 0 Å². The fourth-order valence-corrected chi connectivity index (χ4v) is 5.52. The lowest BCUT2D eigenvalue weighted by atomic mass is 9.87. The van der Waals surface area contributed by atoms with E-state index in [2.05, 4.69) is 17.4 Å². The summed E-state index contributed by atoms with van der Waals surface area (Å²) in [7, 11) is -3.45. The first-order chi connectivity index (χ1) is 13.1. The molecule has 1 heterocycles. The van der Waals surface area contributed by atoms with Gasteiger partial charge in [0.1, 0.15) is 0 Å². The third-order valence-electron chi connectivity index (χ3n) is 5.49. The first kappa shape index (κ1) is 18.2. The molecule has 142 valence electrons. The molecule has 0 radical (unpaired) electrons. The van der Waals surface area contributed by atoms with Gasteiger partial charge >= 0.3 is 0 Å². The van der Waals surface area contributed by atoms with E-state index in [1.165, 1.54) is 27.6 Å². The predicted molar refractivity (Wildman–Crippen MR) is 104 cm³/mol. The second kappa shape index (κ2) is 7.44. The topological polar surface area (TPSA) is 66.5 Å². The SMILES string of the molecule is O=C(NC1CCCc2ccccc21)c1ccc(S(=O)(=O)N2CCCC2)cc1. The van der Waals surface area contributed by atoms with Gasteiger partial charge in [0.2, 0.25) is 10.0 Å². The molecule has 0 spiro atoms. The summed E-state index contributed by atoms with van der Waals surface area (Å²) in [6.45, 7) is 1.15. The van der Waals surface area contributed by atoms with Crippen LogP contribution in [0.2, 0.25) is 0 Å². The Morgan fingerprint density at radius 2 is 1.67 bits per heavy atom. The highest BCUT2D eigenvalue weighted by Crippen LogP contribution is 2.29. The second-order valence-electron chi connectivity index (χ2n) is 7.25. The van der Waals surface area contributed by atoms with Crippen molar-refractivity contribution in [3.63, 3.8) is 0 Å². The number of nitrogens with one attached hydrogen (secondary N) is 1. The summed E-state index contributed by atoms with van der Waals surface area (Å²) in [5.41, 5.74) is 2.96. The largest absolute Gasteiger partial charge is 0.345 e. The lowest BCUT2D eigenvalue weighted by Crippen LogP contribution is -2.31. The van der Waals surface area contributed by atoms with E-state index in [1.807, 2.05) is 12.1 Å². The Morgan fingerprint density at radius 1 is 0.963 bits per heavy atom. The number of sulfonamides is 1. The minimum absolute atomic E-state index is 0.00968. The highest BCUT2D eigenvalue weighted by molar-refractivity contribution is 7.89. The summed E-state index contributed by atoms with van der Waals surface area (Å²) in [5, 5.41) is 3.11. The van der Waals surface area contributed by atoms with Gasteiger partial charge in [0.05, 0.1) is 10.9 Å². The smallest absolute Gasteiger partial charge is 0.251 e. The Kier molecular flexibility index (Phi) is 5.02. The van der Waals surface area contributed by atoms with Crippen molar-refractivity contribution in [2.45, 2.75) is 43.0 Å². The molecule has 27 heavy (non-hydrogen) atoms. The van der Waals surface area contributed by atoms with Gasteiger partial charge in [0.25, 0.3) is 5.91 Å². The lowest BCUT2D eigenvalue weighted by Gasteiger charge is -2.26. The summed E-state index contributed by atoms with van der Waals surface area (Å²) in [6.07, 6.45) is 4.83. The van der Waals surface area contributed by atoms with Crippen LogP contribution in [0.1, 0.15) is 53.2 Å². The number of rotatable bonds is 4. The van der Waals surface area contributed by atoms with Crippen molar-refractivity contribution < 1.29 is 13.2 Å². The molecule has 5 nitrogen and oxygen atoms in total. The average molecular weight is 385 g/mol. The molecule has 6 heteroatoms. The molecular formula is C21H24N2O3S. The molecule has 1 amide bonds. The third-order valence-corrected chi connectivity index (χ3v) is 7.41. The number of hydrogen-bond donors (Lipinski definition) is 1. The van der Waals surface area contributed by atoms with E-state index in [4.69, 9.17) is 0 Å². The number of fused-ring (bicyclic) bond motifs is 1. The number of amides is 1. The molecule has 2 aromatic rings. The zero-order chi connectivity index (χ0) is 18.9. The zero-order valence-corrected chi connectivity index (χ0v) is 16.0. The van der Waals surface area contributed by atoms with Crippen LogP contribution in [0, 0.1) is 0 Å². The molecule has 2 aliphatic rings. The minimum atomic E-state index is -3.45. The quantitative estimate of drug-likeness (QED) is 0.880. The van der Waals surface area contributed by atoms with Crippen LogP contribution in [0.5, 0.6) is 0 Å². The minimum Gasteiger partial charge on any atom is -0.345 e. The van der Waals surface area contributed by atoms with Crippen molar-refractivity contribution in [2.75, 3.05) is 13.1 Å². The van der Waals surface area contributed by atoms with Crippen molar-refractivity contribution in [1.29, 1.82) is 0 Å². The molecule has 0 bridgehead atoms. The first-order valence-corrected chi connectivity index (χ1v) is 11.0. The van der Waals surface area contributed by atoms with Gasteiger partial charge in [-0.15, -0.1) is 0 Å². The van der Waals surface area contributed by atoms with E-state index in [1.54, 1.807) is 12.1 Å². The Labute approximate surface area is 160 Å². The monoisotopic (exact) mass is 384 g/mol. The Morgan fingerprint density at radius 3 is 2.41 bits per heavy atom. The average Bonchev–Trinajstić information content (AvgIpc) is 3.24. The molecule has 4 rings (SSSR count). The molecule has 1 aliphatic carbocycles. The summed E-state index contributed by atoms with van der Waals surface area (Å²) < 4.78 is 26.7. The predicted octanol–water partition coefficient (Wildman–Crippen LogP) is 3.28. The van der Waals surface area contributed by atoms with E-state index in [9.17, 15) is 13.2 Å². The number of benzene rings is 2. The van der Waals surface area contributed by atoms with Crippen molar-refractivity contribution in [3.8, 4) is 0 Å². The van der Waals surface area contributed by atoms with Crippen molar-refractivity contribution in [1.82, 2.24) is 9.62 Å². The summed E-state index contributed by atoms with van der Waals surface area (Å²) in [5.74, 6) is -0.165. The van der Waals surface area contributed by atoms with Crippen LogP contribution in [-0.2, 0) is 16.4 Å². The fraction of sp³-hybridized carbons (Fsp3) is 0.381. The number of nitrogens with zero attached hydrogens (tertiary/aromatic N) is 1. The number of carbonyl (C=O) groups is 1. The highest BCUT2D eigenvalue weighted by Gasteiger charge is 2.27. The summed E-state index contributed by atoms with van der Waals surface area (Å²) >= 11 is 0.